The van der Waals surface area contributed by atoms with Crippen molar-refractivity contribution in [1.82, 2.24) is 0 Å². The van der Waals surface area contributed by atoms with E-state index in [1.165, 1.54) is 17.2 Å². The minimum Gasteiger partial charge on any atom is -0.207 e. The van der Waals surface area contributed by atoms with Crippen molar-refractivity contribution in [1.29, 1.82) is 0 Å². The Morgan fingerprint density at radius 1 is 1.00 bits per heavy atom. The second-order valence-corrected chi connectivity index (χ2v) is 6.58. The van der Waals surface area contributed by atoms with Gasteiger partial charge in [-0.05, 0) is 78.6 Å². The highest BCUT2D eigenvalue weighted by Crippen LogP contribution is 2.54. The zero-order valence-corrected chi connectivity index (χ0v) is 12.4. The summed E-state index contributed by atoms with van der Waals surface area (Å²) in [6.07, 6.45) is 7.32. The van der Waals surface area contributed by atoms with Gasteiger partial charge in [-0.1, -0.05) is 24.3 Å². The maximum atomic E-state index is 13.6. The van der Waals surface area contributed by atoms with E-state index >= 15 is 0 Å². The fourth-order valence-corrected chi connectivity index (χ4v) is 4.24. The molecule has 0 heterocycles. The van der Waals surface area contributed by atoms with E-state index in [1.54, 1.807) is 24.3 Å². The average molecular weight is 296 g/mol. The van der Waals surface area contributed by atoms with E-state index in [0.717, 1.165) is 43.2 Å². The highest BCUT2D eigenvalue weighted by Gasteiger charge is 2.42. The summed E-state index contributed by atoms with van der Waals surface area (Å²) in [6, 6.07) is 12.0. The van der Waals surface area contributed by atoms with Gasteiger partial charge in [0.05, 0.1) is 0 Å². The van der Waals surface area contributed by atoms with Crippen LogP contribution in [0.25, 0.3) is 5.57 Å². The predicted molar refractivity (Wildman–Crippen MR) is 84.5 cm³/mol. The van der Waals surface area contributed by atoms with Crippen molar-refractivity contribution in [3.8, 4) is 0 Å². The second kappa shape index (κ2) is 5.05. The van der Waals surface area contributed by atoms with Crippen LogP contribution in [0.5, 0.6) is 0 Å². The first-order valence-corrected chi connectivity index (χ1v) is 7.90. The minimum atomic E-state index is -0.184. The van der Waals surface area contributed by atoms with Crippen molar-refractivity contribution < 1.29 is 8.78 Å². The molecule has 2 aromatic carbocycles. The van der Waals surface area contributed by atoms with Crippen LogP contribution >= 0.6 is 0 Å². The first kappa shape index (κ1) is 13.7. The third-order valence-electron chi connectivity index (χ3n) is 5.10. The Bertz CT molecular complexity index is 760. The Kier molecular flexibility index (Phi) is 3.14. The molecule has 0 fully saturated rings. The molecule has 0 aromatic heterocycles. The van der Waals surface area contributed by atoms with E-state index in [4.69, 9.17) is 0 Å². The van der Waals surface area contributed by atoms with Gasteiger partial charge in [0.1, 0.15) is 11.6 Å². The molecule has 0 N–H and O–H groups in total. The quantitative estimate of drug-likeness (QED) is 0.704. The van der Waals surface area contributed by atoms with E-state index in [1.807, 2.05) is 12.1 Å². The third-order valence-corrected chi connectivity index (χ3v) is 5.10. The van der Waals surface area contributed by atoms with Crippen molar-refractivity contribution >= 4 is 5.57 Å². The number of hydrogen-bond donors (Lipinski definition) is 0. The number of allylic oxidation sites excluding steroid dienone is 2. The van der Waals surface area contributed by atoms with Crippen LogP contribution in [-0.2, 0) is 12.8 Å². The zero-order chi connectivity index (χ0) is 15.2. The Labute approximate surface area is 129 Å². The molecule has 2 aromatic rings. The number of rotatable bonds is 2. The first-order chi connectivity index (χ1) is 10.7. The lowest BCUT2D eigenvalue weighted by Gasteiger charge is -2.34. The van der Waals surface area contributed by atoms with Gasteiger partial charge in [-0.15, -0.1) is 0 Å². The molecule has 4 rings (SSSR count). The molecule has 0 saturated heterocycles. The van der Waals surface area contributed by atoms with Crippen LogP contribution in [0, 0.1) is 17.0 Å². The van der Waals surface area contributed by atoms with Crippen molar-refractivity contribution in [3.63, 3.8) is 0 Å². The minimum absolute atomic E-state index is 0.0160. The summed E-state index contributed by atoms with van der Waals surface area (Å²) < 4.78 is 27.1. The maximum absolute atomic E-state index is 13.6. The largest absolute Gasteiger partial charge is 0.207 e. The standard InChI is InChI=1S/C20H18F2/c21-16-5-3-4-14(10-16)12-20-9-2-1-6-19(20)18-8-7-17(22)11-15(18)13-20/h3-8,10-11H,1-2,9,12-13H2/t20-/m1/s1. The molecule has 0 unspecified atom stereocenters. The Hall–Kier alpha value is -1.96. The Morgan fingerprint density at radius 3 is 2.73 bits per heavy atom. The van der Waals surface area contributed by atoms with Crippen LogP contribution in [0.1, 0.15) is 36.0 Å². The lowest BCUT2D eigenvalue weighted by molar-refractivity contribution is 0.353. The van der Waals surface area contributed by atoms with Crippen LogP contribution in [0.2, 0.25) is 0 Å². The third kappa shape index (κ3) is 2.18. The number of halogens is 2. The van der Waals surface area contributed by atoms with Crippen molar-refractivity contribution in [3.05, 3.63) is 76.9 Å². The second-order valence-electron chi connectivity index (χ2n) is 6.58. The van der Waals surface area contributed by atoms with Crippen molar-refractivity contribution in [2.45, 2.75) is 32.1 Å². The number of benzene rings is 2. The van der Waals surface area contributed by atoms with Crippen LogP contribution < -0.4 is 0 Å². The van der Waals surface area contributed by atoms with Crippen LogP contribution in [0.3, 0.4) is 0 Å². The van der Waals surface area contributed by atoms with E-state index in [2.05, 4.69) is 6.08 Å². The molecule has 22 heavy (non-hydrogen) atoms. The lowest BCUT2D eigenvalue weighted by Crippen LogP contribution is -2.25. The molecule has 1 atom stereocenters. The van der Waals surface area contributed by atoms with Crippen molar-refractivity contribution in [2.24, 2.45) is 5.41 Å². The molecular weight excluding hydrogens is 278 g/mol. The smallest absolute Gasteiger partial charge is 0.123 e. The molecule has 0 spiro atoms. The van der Waals surface area contributed by atoms with Gasteiger partial charge in [0.25, 0.3) is 0 Å². The van der Waals surface area contributed by atoms with Gasteiger partial charge in [0.2, 0.25) is 0 Å². The van der Waals surface area contributed by atoms with Crippen molar-refractivity contribution in [2.75, 3.05) is 0 Å². The molecule has 0 aliphatic heterocycles. The van der Waals surface area contributed by atoms with Gasteiger partial charge in [0.15, 0.2) is 0 Å². The highest BCUT2D eigenvalue weighted by atomic mass is 19.1. The molecule has 2 heteroatoms. The van der Waals surface area contributed by atoms with E-state index in [-0.39, 0.29) is 17.0 Å². The van der Waals surface area contributed by atoms with Gasteiger partial charge in [0, 0.05) is 5.41 Å². The lowest BCUT2D eigenvalue weighted by atomic mass is 9.69. The Morgan fingerprint density at radius 2 is 1.86 bits per heavy atom. The summed E-state index contributed by atoms with van der Waals surface area (Å²) in [5.41, 5.74) is 4.68. The predicted octanol–water partition coefficient (Wildman–Crippen LogP) is 5.32. The summed E-state index contributed by atoms with van der Waals surface area (Å²) in [5.74, 6) is -0.351. The molecule has 2 aliphatic rings. The summed E-state index contributed by atoms with van der Waals surface area (Å²) in [7, 11) is 0. The summed E-state index contributed by atoms with van der Waals surface area (Å²) in [5, 5.41) is 0. The fraction of sp³-hybridized carbons (Fsp3) is 0.300. The Balaban J connectivity index is 1.77. The van der Waals surface area contributed by atoms with Crippen LogP contribution in [0.4, 0.5) is 8.78 Å². The molecule has 0 nitrogen and oxygen atoms in total. The number of hydrogen-bond acceptors (Lipinski definition) is 0. The van der Waals surface area contributed by atoms with Gasteiger partial charge >= 0.3 is 0 Å². The average Bonchev–Trinajstić information content (AvgIpc) is 2.79. The number of fused-ring (bicyclic) bond motifs is 3. The SMILES string of the molecule is Fc1cccc(C[C@@]23CCCC=C2c2ccc(F)cc2C3)c1. The van der Waals surface area contributed by atoms with E-state index < -0.39 is 0 Å². The van der Waals surface area contributed by atoms with Gasteiger partial charge < -0.3 is 0 Å². The van der Waals surface area contributed by atoms with Gasteiger partial charge in [-0.3, -0.25) is 0 Å². The maximum Gasteiger partial charge on any atom is 0.123 e. The molecule has 0 bridgehead atoms. The molecular formula is C20H18F2. The van der Waals surface area contributed by atoms with Crippen LogP contribution in [0.15, 0.2) is 48.5 Å². The first-order valence-electron chi connectivity index (χ1n) is 7.90. The summed E-state index contributed by atoms with van der Waals surface area (Å²) >= 11 is 0. The topological polar surface area (TPSA) is 0 Å². The fourth-order valence-electron chi connectivity index (χ4n) is 4.24. The molecule has 0 radical (unpaired) electrons. The molecule has 2 aliphatic carbocycles. The highest BCUT2D eigenvalue weighted by molar-refractivity contribution is 5.78. The molecule has 112 valence electrons. The van der Waals surface area contributed by atoms with Gasteiger partial charge in [-0.2, -0.15) is 0 Å². The van der Waals surface area contributed by atoms with Crippen LogP contribution in [-0.4, -0.2) is 0 Å². The van der Waals surface area contributed by atoms with Gasteiger partial charge in [-0.25, -0.2) is 8.78 Å². The summed E-state index contributed by atoms with van der Waals surface area (Å²) in [4.78, 5) is 0. The normalized spacial score (nSPS) is 22.9. The molecule has 0 saturated carbocycles. The molecule has 0 amide bonds. The van der Waals surface area contributed by atoms with E-state index in [9.17, 15) is 8.78 Å². The summed E-state index contributed by atoms with van der Waals surface area (Å²) in [6.45, 7) is 0. The van der Waals surface area contributed by atoms with E-state index in [0.29, 0.717) is 0 Å². The monoisotopic (exact) mass is 296 g/mol. The zero-order valence-electron chi connectivity index (χ0n) is 12.4.